The number of piperidine rings is 1. The van der Waals surface area contributed by atoms with Gasteiger partial charge >= 0.3 is 0 Å². The Balaban J connectivity index is 1.34. The Morgan fingerprint density at radius 3 is 2.53 bits per heavy atom. The standard InChI is InChI=1S/C26H37ClN2O4S/c1-34-16-23(30)24(31)25(32)26(34)18-4-7-22(27)19(15-18)14-17-2-5-21(6-3-17)33-13-12-29-20-8-10-28-11-9-20/h2-7,15,20,23-26,28-32,34H,8-14,16H2,1H3/t23-,24-,25-,26+/m1/s1. The third-order valence-corrected chi connectivity index (χ3v) is 9.76. The molecular weight excluding hydrogens is 472 g/mol. The van der Waals surface area contributed by atoms with Gasteiger partial charge in [-0.2, -0.15) is 0 Å². The lowest BCUT2D eigenvalue weighted by Gasteiger charge is -2.42. The molecule has 2 aromatic rings. The number of ether oxygens (including phenoxy) is 1. The molecule has 6 nitrogen and oxygen atoms in total. The Labute approximate surface area is 210 Å². The fourth-order valence-corrected chi connectivity index (χ4v) is 7.52. The molecule has 5 atom stereocenters. The van der Waals surface area contributed by atoms with E-state index in [4.69, 9.17) is 16.3 Å². The lowest BCUT2D eigenvalue weighted by molar-refractivity contribution is -0.0561. The van der Waals surface area contributed by atoms with Gasteiger partial charge in [-0.05, 0) is 73.5 Å². The van der Waals surface area contributed by atoms with E-state index in [-0.39, 0.29) is 5.25 Å². The van der Waals surface area contributed by atoms with Crippen LogP contribution in [-0.4, -0.2) is 77.9 Å². The molecule has 0 aromatic heterocycles. The highest BCUT2D eigenvalue weighted by molar-refractivity contribution is 8.16. The zero-order valence-electron chi connectivity index (χ0n) is 19.7. The quantitative estimate of drug-likeness (QED) is 0.242. The van der Waals surface area contributed by atoms with E-state index in [0.29, 0.717) is 29.8 Å². The minimum Gasteiger partial charge on any atom is -0.492 e. The van der Waals surface area contributed by atoms with Crippen molar-refractivity contribution >= 4 is 22.5 Å². The normalized spacial score (nSPS) is 29.1. The summed E-state index contributed by atoms with van der Waals surface area (Å²) in [6.45, 7) is 3.65. The summed E-state index contributed by atoms with van der Waals surface area (Å²) in [5.41, 5.74) is 3.07. The van der Waals surface area contributed by atoms with E-state index in [1.165, 1.54) is 12.8 Å². The molecule has 2 heterocycles. The van der Waals surface area contributed by atoms with Crippen LogP contribution in [0, 0.1) is 0 Å². The van der Waals surface area contributed by atoms with E-state index in [2.05, 4.69) is 29.0 Å². The number of rotatable bonds is 8. The first-order valence-corrected chi connectivity index (χ1v) is 14.5. The predicted molar refractivity (Wildman–Crippen MR) is 141 cm³/mol. The van der Waals surface area contributed by atoms with Crippen molar-refractivity contribution in [2.45, 2.75) is 48.9 Å². The van der Waals surface area contributed by atoms with Crippen molar-refractivity contribution in [1.29, 1.82) is 0 Å². The largest absolute Gasteiger partial charge is 0.492 e. The fourth-order valence-electron chi connectivity index (χ4n) is 4.94. The number of nitrogens with one attached hydrogen (secondary N) is 2. The van der Waals surface area contributed by atoms with Gasteiger partial charge in [0, 0.05) is 28.6 Å². The Morgan fingerprint density at radius 1 is 1.06 bits per heavy atom. The van der Waals surface area contributed by atoms with Crippen LogP contribution in [0.25, 0.3) is 0 Å². The minimum atomic E-state index is -1.12. The Morgan fingerprint density at radius 2 is 1.79 bits per heavy atom. The second-order valence-corrected chi connectivity index (χ2v) is 12.3. The van der Waals surface area contributed by atoms with Crippen LogP contribution in [0.15, 0.2) is 42.5 Å². The van der Waals surface area contributed by atoms with Crippen LogP contribution < -0.4 is 15.4 Å². The predicted octanol–water partition coefficient (Wildman–Crippen LogP) is 2.42. The monoisotopic (exact) mass is 508 g/mol. The third kappa shape index (κ3) is 6.46. The van der Waals surface area contributed by atoms with Crippen LogP contribution in [0.5, 0.6) is 5.75 Å². The highest BCUT2D eigenvalue weighted by Gasteiger charge is 2.40. The van der Waals surface area contributed by atoms with E-state index in [1.54, 1.807) is 0 Å². The highest BCUT2D eigenvalue weighted by Crippen LogP contribution is 2.48. The first-order chi connectivity index (χ1) is 16.4. The van der Waals surface area contributed by atoms with Gasteiger partial charge in [0.2, 0.25) is 0 Å². The SMILES string of the molecule is C[SH]1C[C@@H](O)[C@@H](O)[C@@H](O)[C@@H]1c1ccc(Cl)c(Cc2ccc(OCCNC3CCNCC3)cc2)c1. The summed E-state index contributed by atoms with van der Waals surface area (Å²) < 4.78 is 5.89. The number of thiol groups is 1. The summed E-state index contributed by atoms with van der Waals surface area (Å²) in [6, 6.07) is 14.5. The Hall–Kier alpha value is -1.32. The molecule has 8 heteroatoms. The molecule has 2 aliphatic heterocycles. The van der Waals surface area contributed by atoms with Gasteiger partial charge in [-0.25, -0.2) is 10.9 Å². The van der Waals surface area contributed by atoms with Gasteiger partial charge in [0.05, 0.1) is 12.2 Å². The Kier molecular flexibility index (Phi) is 9.15. The summed E-state index contributed by atoms with van der Waals surface area (Å²) in [6.07, 6.45) is 2.10. The maximum atomic E-state index is 10.6. The van der Waals surface area contributed by atoms with E-state index in [0.717, 1.165) is 42.1 Å². The van der Waals surface area contributed by atoms with Gasteiger partial charge in [0.15, 0.2) is 0 Å². The number of aliphatic hydroxyl groups excluding tert-OH is 3. The molecule has 0 spiro atoms. The van der Waals surface area contributed by atoms with Gasteiger partial charge in [0.25, 0.3) is 0 Å². The zero-order valence-corrected chi connectivity index (χ0v) is 21.3. The second-order valence-electron chi connectivity index (χ2n) is 9.43. The van der Waals surface area contributed by atoms with Crippen LogP contribution in [-0.2, 0) is 6.42 Å². The van der Waals surface area contributed by atoms with E-state index < -0.39 is 29.2 Å². The number of hydrogen-bond acceptors (Lipinski definition) is 6. The first-order valence-electron chi connectivity index (χ1n) is 12.1. The molecular formula is C26H37ClN2O4S. The van der Waals surface area contributed by atoms with Crippen LogP contribution in [0.2, 0.25) is 5.02 Å². The minimum absolute atomic E-state index is 0.182. The molecule has 0 radical (unpaired) electrons. The summed E-state index contributed by atoms with van der Waals surface area (Å²) in [7, 11) is -0.662. The molecule has 5 N–H and O–H groups in total. The van der Waals surface area contributed by atoms with Crippen LogP contribution in [0.1, 0.15) is 34.8 Å². The van der Waals surface area contributed by atoms with E-state index in [9.17, 15) is 15.3 Å². The zero-order chi connectivity index (χ0) is 24.1. The average Bonchev–Trinajstić information content (AvgIpc) is 2.84. The molecule has 0 bridgehead atoms. The Bertz CT molecular complexity index is 926. The van der Waals surface area contributed by atoms with Crippen LogP contribution >= 0.6 is 22.5 Å². The lowest BCUT2D eigenvalue weighted by Crippen LogP contribution is -2.47. The number of halogens is 1. The van der Waals surface area contributed by atoms with Crippen molar-refractivity contribution in [1.82, 2.24) is 10.6 Å². The van der Waals surface area contributed by atoms with Gasteiger partial charge in [-0.1, -0.05) is 35.9 Å². The average molecular weight is 509 g/mol. The van der Waals surface area contributed by atoms with E-state index in [1.807, 2.05) is 30.3 Å². The third-order valence-electron chi connectivity index (χ3n) is 6.89. The molecule has 2 aliphatic rings. The molecule has 188 valence electrons. The van der Waals surface area contributed by atoms with Crippen molar-refractivity contribution in [3.05, 3.63) is 64.2 Å². The summed E-state index contributed by atoms with van der Waals surface area (Å²) in [5, 5.41) is 38.2. The van der Waals surface area contributed by atoms with Crippen LogP contribution in [0.4, 0.5) is 0 Å². The summed E-state index contributed by atoms with van der Waals surface area (Å²) in [4.78, 5) is 0. The molecule has 0 saturated carbocycles. The van der Waals surface area contributed by atoms with Crippen molar-refractivity contribution in [3.8, 4) is 5.75 Å². The van der Waals surface area contributed by atoms with Crippen molar-refractivity contribution in [3.63, 3.8) is 0 Å². The maximum absolute atomic E-state index is 10.6. The fraction of sp³-hybridized carbons (Fsp3) is 0.538. The maximum Gasteiger partial charge on any atom is 0.119 e. The molecule has 1 unspecified atom stereocenters. The number of benzene rings is 2. The molecule has 34 heavy (non-hydrogen) atoms. The van der Waals surface area contributed by atoms with Crippen molar-refractivity contribution < 1.29 is 20.1 Å². The molecule has 0 aliphatic carbocycles. The topological polar surface area (TPSA) is 94.0 Å². The molecule has 4 rings (SSSR count). The molecule has 2 fully saturated rings. The van der Waals surface area contributed by atoms with Gasteiger partial charge < -0.3 is 30.7 Å². The second kappa shape index (κ2) is 12.1. The van der Waals surface area contributed by atoms with Gasteiger partial charge in [-0.15, -0.1) is 0 Å². The molecule has 2 aromatic carbocycles. The highest BCUT2D eigenvalue weighted by atomic mass is 35.5. The lowest BCUT2D eigenvalue weighted by atomic mass is 9.96. The number of aliphatic hydroxyl groups is 3. The molecule has 2 saturated heterocycles. The smallest absolute Gasteiger partial charge is 0.119 e. The van der Waals surface area contributed by atoms with Crippen molar-refractivity contribution in [2.24, 2.45) is 0 Å². The summed E-state index contributed by atoms with van der Waals surface area (Å²) >= 11 is 6.51. The first kappa shape index (κ1) is 25.8. The van der Waals surface area contributed by atoms with Crippen LogP contribution in [0.3, 0.4) is 0 Å². The number of hydrogen-bond donors (Lipinski definition) is 6. The van der Waals surface area contributed by atoms with Crippen molar-refractivity contribution in [2.75, 3.05) is 38.2 Å². The van der Waals surface area contributed by atoms with E-state index >= 15 is 0 Å². The summed E-state index contributed by atoms with van der Waals surface area (Å²) in [5.74, 6) is 1.37. The van der Waals surface area contributed by atoms with Gasteiger partial charge in [-0.3, -0.25) is 0 Å². The molecule has 0 amide bonds. The van der Waals surface area contributed by atoms with Gasteiger partial charge in [0.1, 0.15) is 18.5 Å².